The van der Waals surface area contributed by atoms with Crippen LogP contribution in [-0.4, -0.2) is 11.1 Å². The standard InChI is InChI=1S/C16H16N2O2/c1-16(9-10-16)14-8-7-12(11-17-14)18-15(19)20-13-5-3-2-4-6-13/h2-8,11H,9-10H2,1H3,(H,18,19). The zero-order chi connectivity index (χ0) is 14.0. The zero-order valence-electron chi connectivity index (χ0n) is 11.3. The van der Waals surface area contributed by atoms with Gasteiger partial charge in [0.2, 0.25) is 0 Å². The highest BCUT2D eigenvalue weighted by atomic mass is 16.6. The molecule has 0 aliphatic heterocycles. The Kier molecular flexibility index (Phi) is 3.14. The minimum atomic E-state index is -0.511. The molecule has 1 N–H and O–H groups in total. The van der Waals surface area contributed by atoms with Crippen LogP contribution in [0.15, 0.2) is 48.7 Å². The second-order valence-electron chi connectivity index (χ2n) is 5.32. The van der Waals surface area contributed by atoms with Crippen molar-refractivity contribution < 1.29 is 9.53 Å². The Bertz CT molecular complexity index is 604. The predicted octanol–water partition coefficient (Wildman–Crippen LogP) is 3.74. The van der Waals surface area contributed by atoms with Crippen LogP contribution in [0, 0.1) is 0 Å². The molecule has 20 heavy (non-hydrogen) atoms. The number of rotatable bonds is 3. The number of hydrogen-bond acceptors (Lipinski definition) is 3. The van der Waals surface area contributed by atoms with E-state index >= 15 is 0 Å². The van der Waals surface area contributed by atoms with Crippen LogP contribution in [0.2, 0.25) is 0 Å². The maximum absolute atomic E-state index is 11.7. The van der Waals surface area contributed by atoms with Gasteiger partial charge in [0.05, 0.1) is 11.9 Å². The third-order valence-electron chi connectivity index (χ3n) is 3.58. The molecule has 0 bridgehead atoms. The van der Waals surface area contributed by atoms with Crippen LogP contribution >= 0.6 is 0 Å². The normalized spacial score (nSPS) is 15.4. The van der Waals surface area contributed by atoms with Gasteiger partial charge in [0, 0.05) is 11.1 Å². The van der Waals surface area contributed by atoms with E-state index in [0.29, 0.717) is 11.4 Å². The van der Waals surface area contributed by atoms with Crippen LogP contribution in [0.5, 0.6) is 5.75 Å². The minimum Gasteiger partial charge on any atom is -0.410 e. The molecule has 102 valence electrons. The van der Waals surface area contributed by atoms with Crippen LogP contribution in [0.3, 0.4) is 0 Å². The molecule has 0 radical (unpaired) electrons. The van der Waals surface area contributed by atoms with Crippen molar-refractivity contribution in [3.8, 4) is 5.75 Å². The van der Waals surface area contributed by atoms with Gasteiger partial charge >= 0.3 is 6.09 Å². The SMILES string of the molecule is CC1(c2ccc(NC(=O)Oc3ccccc3)cn2)CC1. The number of carbonyl (C=O) groups is 1. The summed E-state index contributed by atoms with van der Waals surface area (Å²) in [6, 6.07) is 12.8. The number of ether oxygens (including phenoxy) is 1. The lowest BCUT2D eigenvalue weighted by Gasteiger charge is -2.09. The molecule has 1 aliphatic carbocycles. The molecule has 2 aromatic rings. The average Bonchev–Trinajstić information content (AvgIpc) is 3.20. The molecule has 1 fully saturated rings. The summed E-state index contributed by atoms with van der Waals surface area (Å²) in [6.07, 6.45) is 3.53. The molecule has 0 spiro atoms. The number of carbonyl (C=O) groups excluding carboxylic acids is 1. The molecule has 0 atom stereocenters. The van der Waals surface area contributed by atoms with Crippen molar-refractivity contribution in [3.05, 3.63) is 54.4 Å². The van der Waals surface area contributed by atoms with E-state index in [0.717, 1.165) is 5.69 Å². The number of pyridine rings is 1. The first-order chi connectivity index (χ1) is 9.66. The lowest BCUT2D eigenvalue weighted by molar-refractivity contribution is 0.215. The number of aromatic nitrogens is 1. The molecule has 4 heteroatoms. The Labute approximate surface area is 117 Å². The van der Waals surface area contributed by atoms with Gasteiger partial charge in [-0.2, -0.15) is 0 Å². The summed E-state index contributed by atoms with van der Waals surface area (Å²) >= 11 is 0. The highest BCUT2D eigenvalue weighted by molar-refractivity contribution is 5.86. The Morgan fingerprint density at radius 1 is 1.20 bits per heavy atom. The quantitative estimate of drug-likeness (QED) is 0.922. The molecule has 1 saturated carbocycles. The third kappa shape index (κ3) is 2.79. The van der Waals surface area contributed by atoms with E-state index in [4.69, 9.17) is 4.74 Å². The van der Waals surface area contributed by atoms with E-state index in [1.807, 2.05) is 30.3 Å². The minimum absolute atomic E-state index is 0.239. The Morgan fingerprint density at radius 3 is 2.55 bits per heavy atom. The third-order valence-corrected chi connectivity index (χ3v) is 3.58. The van der Waals surface area contributed by atoms with Crippen LogP contribution in [0.1, 0.15) is 25.5 Å². The van der Waals surface area contributed by atoms with Gasteiger partial charge in [0.15, 0.2) is 0 Å². The fourth-order valence-corrected chi connectivity index (χ4v) is 2.01. The van der Waals surface area contributed by atoms with Crippen molar-refractivity contribution >= 4 is 11.8 Å². The number of benzene rings is 1. The smallest absolute Gasteiger partial charge is 0.410 e. The fraction of sp³-hybridized carbons (Fsp3) is 0.250. The summed E-state index contributed by atoms with van der Waals surface area (Å²) in [5, 5.41) is 2.67. The van der Waals surface area contributed by atoms with Crippen molar-refractivity contribution in [2.45, 2.75) is 25.2 Å². The molecule has 0 unspecified atom stereocenters. The van der Waals surface area contributed by atoms with Gasteiger partial charge in [-0.3, -0.25) is 10.3 Å². The highest BCUT2D eigenvalue weighted by Gasteiger charge is 2.40. The van der Waals surface area contributed by atoms with Gasteiger partial charge in [0.1, 0.15) is 5.75 Å². The Balaban J connectivity index is 1.61. The number of amides is 1. The van der Waals surface area contributed by atoms with Crippen LogP contribution in [0.4, 0.5) is 10.5 Å². The number of anilines is 1. The summed E-state index contributed by atoms with van der Waals surface area (Å²) < 4.78 is 5.15. The summed E-state index contributed by atoms with van der Waals surface area (Å²) in [5.74, 6) is 0.514. The molecule has 0 saturated heterocycles. The summed E-state index contributed by atoms with van der Waals surface area (Å²) in [4.78, 5) is 16.1. The Morgan fingerprint density at radius 2 is 1.95 bits per heavy atom. The number of nitrogens with zero attached hydrogens (tertiary/aromatic N) is 1. The van der Waals surface area contributed by atoms with E-state index < -0.39 is 6.09 Å². The van der Waals surface area contributed by atoms with Gasteiger partial charge < -0.3 is 4.74 Å². The monoisotopic (exact) mass is 268 g/mol. The molecule has 4 nitrogen and oxygen atoms in total. The molecule has 1 aliphatic rings. The molecular formula is C16H16N2O2. The van der Waals surface area contributed by atoms with E-state index in [-0.39, 0.29) is 5.41 Å². The van der Waals surface area contributed by atoms with Gasteiger partial charge in [-0.1, -0.05) is 25.1 Å². The highest BCUT2D eigenvalue weighted by Crippen LogP contribution is 2.46. The van der Waals surface area contributed by atoms with Crippen molar-refractivity contribution in [2.24, 2.45) is 0 Å². The van der Waals surface area contributed by atoms with Gasteiger partial charge in [-0.05, 0) is 37.1 Å². The molecule has 1 heterocycles. The molecule has 1 aromatic carbocycles. The Hall–Kier alpha value is -2.36. The van der Waals surface area contributed by atoms with E-state index in [1.54, 1.807) is 18.3 Å². The number of nitrogens with one attached hydrogen (secondary N) is 1. The largest absolute Gasteiger partial charge is 0.417 e. The summed E-state index contributed by atoms with van der Waals surface area (Å²) in [5.41, 5.74) is 1.96. The van der Waals surface area contributed by atoms with Crippen LogP contribution < -0.4 is 10.1 Å². The topological polar surface area (TPSA) is 51.2 Å². The predicted molar refractivity (Wildman–Crippen MR) is 76.9 cm³/mol. The summed E-state index contributed by atoms with van der Waals surface area (Å²) in [6.45, 7) is 2.20. The maximum atomic E-state index is 11.7. The van der Waals surface area contributed by atoms with E-state index in [2.05, 4.69) is 17.2 Å². The first-order valence-electron chi connectivity index (χ1n) is 6.66. The van der Waals surface area contributed by atoms with Crippen molar-refractivity contribution in [1.82, 2.24) is 4.98 Å². The lowest BCUT2D eigenvalue weighted by Crippen LogP contribution is -2.17. The average molecular weight is 268 g/mol. The van der Waals surface area contributed by atoms with Crippen LogP contribution in [0.25, 0.3) is 0 Å². The zero-order valence-corrected chi connectivity index (χ0v) is 11.3. The van der Waals surface area contributed by atoms with Gasteiger partial charge in [0.25, 0.3) is 0 Å². The second kappa shape index (κ2) is 4.96. The summed E-state index contributed by atoms with van der Waals surface area (Å²) in [7, 11) is 0. The number of hydrogen-bond donors (Lipinski definition) is 1. The fourth-order valence-electron chi connectivity index (χ4n) is 2.01. The second-order valence-corrected chi connectivity index (χ2v) is 5.32. The van der Waals surface area contributed by atoms with E-state index in [1.165, 1.54) is 12.8 Å². The van der Waals surface area contributed by atoms with Crippen molar-refractivity contribution in [3.63, 3.8) is 0 Å². The van der Waals surface area contributed by atoms with E-state index in [9.17, 15) is 4.79 Å². The van der Waals surface area contributed by atoms with Gasteiger partial charge in [-0.15, -0.1) is 0 Å². The number of para-hydroxylation sites is 1. The molecule has 1 aromatic heterocycles. The molecule has 1 amide bonds. The van der Waals surface area contributed by atoms with Crippen LogP contribution in [-0.2, 0) is 5.41 Å². The first-order valence-corrected chi connectivity index (χ1v) is 6.66. The first kappa shape index (κ1) is 12.7. The van der Waals surface area contributed by atoms with Crippen molar-refractivity contribution in [1.29, 1.82) is 0 Å². The maximum Gasteiger partial charge on any atom is 0.417 e. The van der Waals surface area contributed by atoms with Gasteiger partial charge in [-0.25, -0.2) is 4.79 Å². The van der Waals surface area contributed by atoms with Crippen molar-refractivity contribution in [2.75, 3.05) is 5.32 Å². The molecule has 3 rings (SSSR count). The molecular weight excluding hydrogens is 252 g/mol. The lowest BCUT2D eigenvalue weighted by atomic mass is 10.1.